The Morgan fingerprint density at radius 1 is 1.44 bits per heavy atom. The highest BCUT2D eigenvalue weighted by molar-refractivity contribution is 5.87. The smallest absolute Gasteiger partial charge is 0.326 e. The first-order valence-corrected chi connectivity index (χ1v) is 4.46. The third kappa shape index (κ3) is 6.26. The average molecular weight is 227 g/mol. The van der Waals surface area contributed by atoms with Gasteiger partial charge in [0.2, 0.25) is 5.91 Å². The minimum Gasteiger partial charge on any atom is -0.480 e. The lowest BCUT2D eigenvalue weighted by molar-refractivity contribution is -0.140. The lowest BCUT2D eigenvalue weighted by atomic mass is 10.2. The van der Waals surface area contributed by atoms with Crippen LogP contribution in [0.5, 0.6) is 0 Å². The van der Waals surface area contributed by atoms with Gasteiger partial charge in [-0.05, 0) is 0 Å². The van der Waals surface area contributed by atoms with Crippen molar-refractivity contribution in [2.45, 2.75) is 18.9 Å². The molecule has 0 aromatic rings. The molecule has 0 saturated heterocycles. The van der Waals surface area contributed by atoms with Crippen molar-refractivity contribution in [1.29, 1.82) is 0 Å². The fourth-order valence-electron chi connectivity index (χ4n) is 0.859. The van der Waals surface area contributed by atoms with Gasteiger partial charge in [0.1, 0.15) is 6.04 Å². The number of hydrogen-bond acceptors (Lipinski definition) is 3. The molecule has 0 aliphatic rings. The first-order valence-electron chi connectivity index (χ1n) is 4.46. The van der Waals surface area contributed by atoms with Crippen LogP contribution in [0.25, 0.3) is 0 Å². The van der Waals surface area contributed by atoms with Crippen LogP contribution in [-0.2, 0) is 9.59 Å². The van der Waals surface area contributed by atoms with Crippen molar-refractivity contribution in [2.24, 2.45) is 5.73 Å². The van der Waals surface area contributed by atoms with Crippen LogP contribution >= 0.6 is 0 Å². The molecular formula is C9H13N3O4. The number of primary amides is 1. The Balaban J connectivity index is 4.09. The molecule has 7 nitrogen and oxygen atoms in total. The zero-order valence-corrected chi connectivity index (χ0v) is 8.53. The van der Waals surface area contributed by atoms with Crippen molar-refractivity contribution in [3.8, 4) is 12.3 Å². The number of carboxylic acid groups (broad SMARTS) is 1. The number of nitrogens with two attached hydrogens (primary N) is 1. The zero-order chi connectivity index (χ0) is 12.6. The van der Waals surface area contributed by atoms with Crippen molar-refractivity contribution in [2.75, 3.05) is 6.54 Å². The summed E-state index contributed by atoms with van der Waals surface area (Å²) in [5.74, 6) is 0.162. The summed E-state index contributed by atoms with van der Waals surface area (Å²) in [4.78, 5) is 32.2. The lowest BCUT2D eigenvalue weighted by Gasteiger charge is -2.12. The molecule has 0 rings (SSSR count). The molecule has 1 unspecified atom stereocenters. The summed E-state index contributed by atoms with van der Waals surface area (Å²) in [6.45, 7) is 0.227. The Labute approximate surface area is 92.4 Å². The molecule has 0 fully saturated rings. The number of rotatable bonds is 6. The minimum atomic E-state index is -1.33. The van der Waals surface area contributed by atoms with E-state index in [1.807, 2.05) is 0 Å². The van der Waals surface area contributed by atoms with Crippen molar-refractivity contribution in [1.82, 2.24) is 10.6 Å². The normalized spacial score (nSPS) is 10.9. The van der Waals surface area contributed by atoms with Crippen molar-refractivity contribution in [3.05, 3.63) is 0 Å². The van der Waals surface area contributed by atoms with E-state index in [0.29, 0.717) is 6.42 Å². The molecule has 0 aliphatic heterocycles. The monoisotopic (exact) mass is 227 g/mol. The molecular weight excluding hydrogens is 214 g/mol. The standard InChI is InChI=1S/C9H13N3O4/c1-2-3-4-11-9(16)12-6(8(14)15)5-7(10)13/h1,6H,3-5H2,(H2,10,13)(H,14,15)(H2,11,12,16). The van der Waals surface area contributed by atoms with Gasteiger partial charge in [0.25, 0.3) is 0 Å². The van der Waals surface area contributed by atoms with Gasteiger partial charge in [0.05, 0.1) is 6.42 Å². The quantitative estimate of drug-likeness (QED) is 0.330. The molecule has 1 atom stereocenters. The average Bonchev–Trinajstić information content (AvgIpc) is 2.16. The Morgan fingerprint density at radius 2 is 2.06 bits per heavy atom. The Hall–Kier alpha value is -2.23. The number of aliphatic carboxylic acids is 1. The summed E-state index contributed by atoms with van der Waals surface area (Å²) < 4.78 is 0. The number of hydrogen-bond donors (Lipinski definition) is 4. The summed E-state index contributed by atoms with van der Waals surface area (Å²) in [6.07, 6.45) is 4.83. The van der Waals surface area contributed by atoms with Gasteiger partial charge in [-0.2, -0.15) is 0 Å². The van der Waals surface area contributed by atoms with E-state index in [1.54, 1.807) is 0 Å². The number of amides is 3. The Kier molecular flexibility index (Phi) is 6.12. The highest BCUT2D eigenvalue weighted by Crippen LogP contribution is 1.91. The van der Waals surface area contributed by atoms with E-state index in [2.05, 4.69) is 16.6 Å². The van der Waals surface area contributed by atoms with Gasteiger partial charge in [-0.1, -0.05) is 0 Å². The van der Waals surface area contributed by atoms with Crippen molar-refractivity contribution < 1.29 is 19.5 Å². The molecule has 0 aromatic heterocycles. The van der Waals surface area contributed by atoms with E-state index in [9.17, 15) is 14.4 Å². The van der Waals surface area contributed by atoms with E-state index in [-0.39, 0.29) is 6.54 Å². The molecule has 0 saturated carbocycles. The second-order valence-electron chi connectivity index (χ2n) is 2.92. The molecule has 5 N–H and O–H groups in total. The predicted molar refractivity (Wildman–Crippen MR) is 55.2 cm³/mol. The summed E-state index contributed by atoms with van der Waals surface area (Å²) >= 11 is 0. The molecule has 88 valence electrons. The van der Waals surface area contributed by atoms with E-state index >= 15 is 0 Å². The van der Waals surface area contributed by atoms with Crippen LogP contribution in [0, 0.1) is 12.3 Å². The van der Waals surface area contributed by atoms with Gasteiger partial charge in [0, 0.05) is 13.0 Å². The summed E-state index contributed by atoms with van der Waals surface area (Å²) in [7, 11) is 0. The molecule has 0 bridgehead atoms. The fourth-order valence-corrected chi connectivity index (χ4v) is 0.859. The second kappa shape index (κ2) is 7.11. The largest absolute Gasteiger partial charge is 0.480 e. The molecule has 3 amide bonds. The van der Waals surface area contributed by atoms with E-state index in [4.69, 9.17) is 17.3 Å². The number of terminal acetylenes is 1. The number of nitrogens with one attached hydrogen (secondary N) is 2. The van der Waals surface area contributed by atoms with Gasteiger partial charge >= 0.3 is 12.0 Å². The third-order valence-corrected chi connectivity index (χ3v) is 1.56. The van der Waals surface area contributed by atoms with Gasteiger partial charge in [0.15, 0.2) is 0 Å². The van der Waals surface area contributed by atoms with Crippen LogP contribution in [0.4, 0.5) is 4.79 Å². The number of urea groups is 1. The maximum absolute atomic E-state index is 11.1. The summed E-state index contributed by atoms with van der Waals surface area (Å²) in [6, 6.07) is -2.03. The van der Waals surface area contributed by atoms with Crippen molar-refractivity contribution >= 4 is 17.9 Å². The molecule has 16 heavy (non-hydrogen) atoms. The van der Waals surface area contributed by atoms with Crippen molar-refractivity contribution in [3.63, 3.8) is 0 Å². The third-order valence-electron chi connectivity index (χ3n) is 1.56. The zero-order valence-electron chi connectivity index (χ0n) is 8.53. The topological polar surface area (TPSA) is 122 Å². The SMILES string of the molecule is C#CCCNC(=O)NC(CC(N)=O)C(=O)O. The molecule has 0 radical (unpaired) electrons. The Bertz CT molecular complexity index is 321. The minimum absolute atomic E-state index is 0.227. The number of carbonyl (C=O) groups is 3. The summed E-state index contributed by atoms with van der Waals surface area (Å²) in [5.41, 5.74) is 4.83. The molecule has 0 spiro atoms. The van der Waals surface area contributed by atoms with Crippen LogP contribution < -0.4 is 16.4 Å². The molecule has 0 aromatic carbocycles. The van der Waals surface area contributed by atoms with Crippen LogP contribution in [0.3, 0.4) is 0 Å². The van der Waals surface area contributed by atoms with Gasteiger partial charge in [-0.3, -0.25) is 4.79 Å². The van der Waals surface area contributed by atoms with E-state index in [1.165, 1.54) is 0 Å². The number of carbonyl (C=O) groups excluding carboxylic acids is 2. The highest BCUT2D eigenvalue weighted by atomic mass is 16.4. The van der Waals surface area contributed by atoms with Gasteiger partial charge in [-0.25, -0.2) is 9.59 Å². The van der Waals surface area contributed by atoms with Crippen LogP contribution in [0.2, 0.25) is 0 Å². The van der Waals surface area contributed by atoms with Crippen LogP contribution in [-0.4, -0.2) is 35.6 Å². The Morgan fingerprint density at radius 3 is 2.50 bits per heavy atom. The number of carboxylic acids is 1. The predicted octanol–water partition coefficient (Wildman–Crippen LogP) is -1.36. The van der Waals surface area contributed by atoms with Crippen LogP contribution in [0.15, 0.2) is 0 Å². The first kappa shape index (κ1) is 13.8. The molecule has 0 aliphatic carbocycles. The van der Waals surface area contributed by atoms with Gasteiger partial charge < -0.3 is 21.5 Å². The lowest BCUT2D eigenvalue weighted by Crippen LogP contribution is -2.47. The molecule has 7 heteroatoms. The van der Waals surface area contributed by atoms with Crippen LogP contribution in [0.1, 0.15) is 12.8 Å². The van der Waals surface area contributed by atoms with Gasteiger partial charge in [-0.15, -0.1) is 12.3 Å². The first-order chi connectivity index (χ1) is 7.47. The second-order valence-corrected chi connectivity index (χ2v) is 2.92. The van der Waals surface area contributed by atoms with E-state index in [0.717, 1.165) is 0 Å². The molecule has 0 heterocycles. The van der Waals surface area contributed by atoms with E-state index < -0.39 is 30.4 Å². The summed E-state index contributed by atoms with van der Waals surface area (Å²) in [5, 5.41) is 13.1. The highest BCUT2D eigenvalue weighted by Gasteiger charge is 2.21. The maximum Gasteiger partial charge on any atom is 0.326 e. The maximum atomic E-state index is 11.1. The fraction of sp³-hybridized carbons (Fsp3) is 0.444.